The predicted molar refractivity (Wildman–Crippen MR) is 57.4 cm³/mol. The fourth-order valence-corrected chi connectivity index (χ4v) is 2.64. The van der Waals surface area contributed by atoms with E-state index >= 15 is 0 Å². The maximum atomic E-state index is 11.8. The summed E-state index contributed by atoms with van der Waals surface area (Å²) in [5.74, 6) is 0.602. The molecule has 4 nitrogen and oxygen atoms in total. The van der Waals surface area contributed by atoms with Crippen molar-refractivity contribution in [2.45, 2.75) is 31.9 Å². The second-order valence-electron chi connectivity index (χ2n) is 4.85. The van der Waals surface area contributed by atoms with E-state index in [-0.39, 0.29) is 18.1 Å². The fraction of sp³-hybridized carbons (Fsp3) is 0.909. The Bertz CT molecular complexity index is 255. The number of hydrogen-bond donors (Lipinski definition) is 1. The number of likely N-dealkylation sites (N-methyl/N-ethyl adjacent to an activating group) is 1. The fourth-order valence-electron chi connectivity index (χ4n) is 2.64. The van der Waals surface area contributed by atoms with Gasteiger partial charge in [0.2, 0.25) is 5.91 Å². The van der Waals surface area contributed by atoms with Gasteiger partial charge in [-0.3, -0.25) is 9.69 Å². The zero-order valence-electron chi connectivity index (χ0n) is 9.52. The first-order valence-electron chi connectivity index (χ1n) is 5.76. The molecule has 3 atom stereocenters. The van der Waals surface area contributed by atoms with Crippen LogP contribution in [-0.4, -0.2) is 59.6 Å². The monoisotopic (exact) mass is 212 g/mol. The van der Waals surface area contributed by atoms with Crippen LogP contribution >= 0.6 is 0 Å². The average molecular weight is 212 g/mol. The standard InChI is InChI=1S/C11H20N2O2/c1-8(14)9-3-6-13(7-9)10-4-5-12(2)11(10)15/h8-10,14H,3-7H2,1-2H3. The van der Waals surface area contributed by atoms with Crippen LogP contribution in [0.3, 0.4) is 0 Å². The van der Waals surface area contributed by atoms with Crippen molar-refractivity contribution >= 4 is 5.91 Å². The first kappa shape index (κ1) is 10.9. The van der Waals surface area contributed by atoms with Gasteiger partial charge in [-0.05, 0) is 32.2 Å². The van der Waals surface area contributed by atoms with Crippen molar-refractivity contribution in [2.75, 3.05) is 26.7 Å². The highest BCUT2D eigenvalue weighted by Crippen LogP contribution is 2.25. The van der Waals surface area contributed by atoms with Gasteiger partial charge < -0.3 is 10.0 Å². The molecule has 0 aliphatic carbocycles. The van der Waals surface area contributed by atoms with E-state index in [1.807, 2.05) is 14.0 Å². The lowest BCUT2D eigenvalue weighted by atomic mass is 10.0. The van der Waals surface area contributed by atoms with E-state index < -0.39 is 0 Å². The van der Waals surface area contributed by atoms with Gasteiger partial charge in [0.05, 0.1) is 12.1 Å². The smallest absolute Gasteiger partial charge is 0.239 e. The molecule has 15 heavy (non-hydrogen) atoms. The van der Waals surface area contributed by atoms with Crippen LogP contribution in [0.1, 0.15) is 19.8 Å². The Morgan fingerprint density at radius 3 is 2.60 bits per heavy atom. The molecule has 2 heterocycles. The molecule has 2 aliphatic rings. The molecule has 2 rings (SSSR count). The molecule has 0 radical (unpaired) electrons. The number of hydrogen-bond acceptors (Lipinski definition) is 3. The summed E-state index contributed by atoms with van der Waals surface area (Å²) in [5.41, 5.74) is 0. The first-order valence-corrected chi connectivity index (χ1v) is 5.76. The Morgan fingerprint density at radius 1 is 1.40 bits per heavy atom. The Labute approximate surface area is 90.9 Å². The third-order valence-corrected chi connectivity index (χ3v) is 3.78. The number of carbonyl (C=O) groups is 1. The highest BCUT2D eigenvalue weighted by molar-refractivity contribution is 5.83. The molecule has 0 bridgehead atoms. The molecule has 2 saturated heterocycles. The Kier molecular flexibility index (Phi) is 2.98. The van der Waals surface area contributed by atoms with Gasteiger partial charge in [-0.1, -0.05) is 0 Å². The summed E-state index contributed by atoms with van der Waals surface area (Å²) in [6.07, 6.45) is 1.72. The van der Waals surface area contributed by atoms with E-state index in [1.165, 1.54) is 0 Å². The van der Waals surface area contributed by atoms with Crippen molar-refractivity contribution in [2.24, 2.45) is 5.92 Å². The maximum Gasteiger partial charge on any atom is 0.239 e. The summed E-state index contributed by atoms with van der Waals surface area (Å²) < 4.78 is 0. The van der Waals surface area contributed by atoms with Crippen LogP contribution in [0.25, 0.3) is 0 Å². The first-order chi connectivity index (χ1) is 7.09. The minimum atomic E-state index is -0.246. The van der Waals surface area contributed by atoms with Gasteiger partial charge in [-0.25, -0.2) is 0 Å². The lowest BCUT2D eigenvalue weighted by molar-refractivity contribution is -0.130. The molecule has 0 spiro atoms. The van der Waals surface area contributed by atoms with Crippen LogP contribution in [0.2, 0.25) is 0 Å². The van der Waals surface area contributed by atoms with Crippen molar-refractivity contribution in [3.63, 3.8) is 0 Å². The number of amides is 1. The Morgan fingerprint density at radius 2 is 2.13 bits per heavy atom. The van der Waals surface area contributed by atoms with Crippen LogP contribution in [0, 0.1) is 5.92 Å². The minimum Gasteiger partial charge on any atom is -0.393 e. The lowest BCUT2D eigenvalue weighted by Gasteiger charge is -2.22. The summed E-state index contributed by atoms with van der Waals surface area (Å²) in [4.78, 5) is 15.8. The molecule has 1 amide bonds. The molecular weight excluding hydrogens is 192 g/mol. The predicted octanol–water partition coefficient (Wildman–Crippen LogP) is -0.0802. The topological polar surface area (TPSA) is 43.8 Å². The van der Waals surface area contributed by atoms with Gasteiger partial charge in [-0.15, -0.1) is 0 Å². The largest absolute Gasteiger partial charge is 0.393 e. The van der Waals surface area contributed by atoms with E-state index in [9.17, 15) is 9.90 Å². The molecule has 86 valence electrons. The average Bonchev–Trinajstić information content (AvgIpc) is 2.76. The van der Waals surface area contributed by atoms with Crippen LogP contribution in [0.5, 0.6) is 0 Å². The normalized spacial score (nSPS) is 35.1. The number of rotatable bonds is 2. The van der Waals surface area contributed by atoms with Gasteiger partial charge in [0.25, 0.3) is 0 Å². The molecular formula is C11H20N2O2. The van der Waals surface area contributed by atoms with Crippen molar-refractivity contribution in [1.82, 2.24) is 9.80 Å². The second-order valence-corrected chi connectivity index (χ2v) is 4.85. The lowest BCUT2D eigenvalue weighted by Crippen LogP contribution is -2.40. The summed E-state index contributed by atoms with van der Waals surface area (Å²) in [7, 11) is 1.87. The van der Waals surface area contributed by atoms with Crippen LogP contribution in [0.15, 0.2) is 0 Å². The van der Waals surface area contributed by atoms with E-state index in [0.29, 0.717) is 5.92 Å². The van der Waals surface area contributed by atoms with Crippen molar-refractivity contribution in [3.8, 4) is 0 Å². The van der Waals surface area contributed by atoms with Crippen molar-refractivity contribution < 1.29 is 9.90 Å². The summed E-state index contributed by atoms with van der Waals surface area (Å²) in [6, 6.07) is 0.0822. The van der Waals surface area contributed by atoms with Gasteiger partial charge in [0.1, 0.15) is 0 Å². The summed E-state index contributed by atoms with van der Waals surface area (Å²) in [6.45, 7) is 4.55. The van der Waals surface area contributed by atoms with Crippen LogP contribution in [0.4, 0.5) is 0 Å². The molecule has 0 aromatic rings. The summed E-state index contributed by atoms with van der Waals surface area (Å²) in [5, 5.41) is 9.51. The van der Waals surface area contributed by atoms with Crippen LogP contribution in [-0.2, 0) is 4.79 Å². The van der Waals surface area contributed by atoms with E-state index in [4.69, 9.17) is 0 Å². The second kappa shape index (κ2) is 4.10. The third kappa shape index (κ3) is 2.01. The molecule has 2 fully saturated rings. The molecule has 0 aromatic carbocycles. The minimum absolute atomic E-state index is 0.0822. The number of carbonyl (C=O) groups excluding carboxylic acids is 1. The van der Waals surface area contributed by atoms with Gasteiger partial charge in [-0.2, -0.15) is 0 Å². The molecule has 4 heteroatoms. The highest BCUT2D eigenvalue weighted by atomic mass is 16.3. The van der Waals surface area contributed by atoms with Gasteiger partial charge >= 0.3 is 0 Å². The Balaban J connectivity index is 1.94. The molecule has 0 saturated carbocycles. The summed E-state index contributed by atoms with van der Waals surface area (Å²) >= 11 is 0. The van der Waals surface area contributed by atoms with Gasteiger partial charge in [0, 0.05) is 20.1 Å². The number of likely N-dealkylation sites (tertiary alicyclic amines) is 2. The van der Waals surface area contributed by atoms with Crippen molar-refractivity contribution in [1.29, 1.82) is 0 Å². The maximum absolute atomic E-state index is 11.8. The van der Waals surface area contributed by atoms with Crippen molar-refractivity contribution in [3.05, 3.63) is 0 Å². The highest BCUT2D eigenvalue weighted by Gasteiger charge is 2.38. The van der Waals surface area contributed by atoms with Gasteiger partial charge in [0.15, 0.2) is 0 Å². The molecule has 2 aliphatic heterocycles. The van der Waals surface area contributed by atoms with E-state index in [0.717, 1.165) is 32.5 Å². The molecule has 0 aromatic heterocycles. The van der Waals surface area contributed by atoms with Crippen LogP contribution < -0.4 is 0 Å². The Hall–Kier alpha value is -0.610. The third-order valence-electron chi connectivity index (χ3n) is 3.78. The molecule has 3 unspecified atom stereocenters. The number of aliphatic hydroxyl groups excluding tert-OH is 1. The zero-order chi connectivity index (χ0) is 11.0. The zero-order valence-corrected chi connectivity index (χ0v) is 9.52. The van der Waals surface area contributed by atoms with E-state index in [1.54, 1.807) is 4.90 Å². The van der Waals surface area contributed by atoms with E-state index in [2.05, 4.69) is 4.90 Å². The number of nitrogens with zero attached hydrogens (tertiary/aromatic N) is 2. The molecule has 1 N–H and O–H groups in total. The SMILES string of the molecule is CC(O)C1CCN(C2CCN(C)C2=O)C1. The quantitative estimate of drug-likeness (QED) is 0.696. The number of aliphatic hydroxyl groups is 1.